The Labute approximate surface area is 232 Å². The van der Waals surface area contributed by atoms with Crippen LogP contribution in [0.1, 0.15) is 51.0 Å². The van der Waals surface area contributed by atoms with Crippen LogP contribution in [-0.4, -0.2) is 33.3 Å². The van der Waals surface area contributed by atoms with E-state index in [0.29, 0.717) is 19.0 Å². The highest BCUT2D eigenvalue weighted by Gasteiger charge is 2.32. The normalized spacial score (nSPS) is 15.2. The molecular formula is C30H33N3O3S2. The minimum absolute atomic E-state index is 0.0594. The molecule has 3 heterocycles. The monoisotopic (exact) mass is 547 g/mol. The predicted octanol–water partition coefficient (Wildman–Crippen LogP) is 7.51. The summed E-state index contributed by atoms with van der Waals surface area (Å²) < 4.78 is 11.9. The van der Waals surface area contributed by atoms with E-state index in [9.17, 15) is 4.79 Å². The van der Waals surface area contributed by atoms with Crippen LogP contribution >= 0.6 is 23.1 Å². The van der Waals surface area contributed by atoms with Gasteiger partial charge in [-0.1, -0.05) is 43.3 Å². The van der Waals surface area contributed by atoms with Crippen molar-refractivity contribution >= 4 is 44.9 Å². The molecule has 2 aromatic carbocycles. The molecule has 0 bridgehead atoms. The molecule has 1 aliphatic heterocycles. The van der Waals surface area contributed by atoms with Gasteiger partial charge in [0.15, 0.2) is 5.82 Å². The van der Waals surface area contributed by atoms with Crippen LogP contribution < -0.4 is 10.1 Å². The number of rotatable bonds is 9. The molecule has 1 atom stereocenters. The number of hydrogen-bond donors (Lipinski definition) is 1. The van der Waals surface area contributed by atoms with Crippen molar-refractivity contribution in [2.24, 2.45) is 0 Å². The highest BCUT2D eigenvalue weighted by atomic mass is 32.2. The fraction of sp³-hybridized carbons (Fsp3) is 0.367. The number of hydrogen-bond acceptors (Lipinski definition) is 7. The van der Waals surface area contributed by atoms with Gasteiger partial charge in [-0.2, -0.15) is 0 Å². The smallest absolute Gasteiger partial charge is 0.237 e. The molecule has 0 fully saturated rings. The molecule has 1 N–H and O–H groups in total. The maximum absolute atomic E-state index is 13.1. The van der Waals surface area contributed by atoms with Gasteiger partial charge < -0.3 is 14.8 Å². The second kappa shape index (κ2) is 11.4. The van der Waals surface area contributed by atoms with Crippen LogP contribution in [0.15, 0.2) is 59.6 Å². The summed E-state index contributed by atoms with van der Waals surface area (Å²) in [5.41, 5.74) is 2.68. The lowest BCUT2D eigenvalue weighted by molar-refractivity contribution is -0.115. The first kappa shape index (κ1) is 26.7. The molecule has 38 heavy (non-hydrogen) atoms. The minimum Gasteiger partial charge on any atom is -0.494 e. The quantitative estimate of drug-likeness (QED) is 0.133. The van der Waals surface area contributed by atoms with E-state index in [4.69, 9.17) is 19.4 Å². The van der Waals surface area contributed by atoms with Crippen molar-refractivity contribution in [2.75, 3.05) is 11.9 Å². The van der Waals surface area contributed by atoms with E-state index in [1.165, 1.54) is 22.2 Å². The van der Waals surface area contributed by atoms with E-state index >= 15 is 0 Å². The van der Waals surface area contributed by atoms with Crippen LogP contribution in [0.2, 0.25) is 0 Å². The SMILES string of the molecule is CCCCOc1ccc(-c2nc(S[C@@H](C)C(=O)Nc3ccccc3)c3c4c(sc3n2)COC(C)(C)C4)cc1. The van der Waals surface area contributed by atoms with Crippen molar-refractivity contribution in [1.29, 1.82) is 0 Å². The lowest BCUT2D eigenvalue weighted by Gasteiger charge is -2.30. The number of nitrogens with one attached hydrogen (secondary N) is 1. The Morgan fingerprint density at radius 2 is 1.92 bits per heavy atom. The van der Waals surface area contributed by atoms with Gasteiger partial charge in [0.2, 0.25) is 5.91 Å². The third-order valence-corrected chi connectivity index (χ3v) is 8.66. The summed E-state index contributed by atoms with van der Waals surface area (Å²) in [6.45, 7) is 9.57. The molecule has 2 aromatic heterocycles. The number of ether oxygens (including phenoxy) is 2. The molecule has 0 unspecified atom stereocenters. The zero-order valence-corrected chi connectivity index (χ0v) is 23.9. The first-order valence-corrected chi connectivity index (χ1v) is 14.7. The third kappa shape index (κ3) is 6.03. The van der Waals surface area contributed by atoms with Gasteiger partial charge in [0.1, 0.15) is 15.6 Å². The molecule has 8 heteroatoms. The van der Waals surface area contributed by atoms with Crippen LogP contribution in [-0.2, 0) is 22.6 Å². The van der Waals surface area contributed by atoms with Gasteiger partial charge in [0.05, 0.1) is 24.1 Å². The van der Waals surface area contributed by atoms with Crippen LogP contribution in [0.4, 0.5) is 5.69 Å². The van der Waals surface area contributed by atoms with Crippen molar-refractivity contribution in [3.63, 3.8) is 0 Å². The summed E-state index contributed by atoms with van der Waals surface area (Å²) in [5, 5.41) is 4.55. The topological polar surface area (TPSA) is 73.3 Å². The van der Waals surface area contributed by atoms with Gasteiger partial charge in [0, 0.05) is 27.9 Å². The summed E-state index contributed by atoms with van der Waals surface area (Å²) in [6.07, 6.45) is 2.91. The van der Waals surface area contributed by atoms with Crippen LogP contribution in [0.3, 0.4) is 0 Å². The predicted molar refractivity (Wildman–Crippen MR) is 156 cm³/mol. The van der Waals surface area contributed by atoms with E-state index in [-0.39, 0.29) is 16.8 Å². The fourth-order valence-electron chi connectivity index (χ4n) is 4.35. The first-order chi connectivity index (χ1) is 18.3. The Kier molecular flexibility index (Phi) is 8.02. The highest BCUT2D eigenvalue weighted by molar-refractivity contribution is 8.00. The van der Waals surface area contributed by atoms with Crippen LogP contribution in [0, 0.1) is 0 Å². The molecular weight excluding hydrogens is 514 g/mol. The molecule has 0 saturated carbocycles. The van der Waals surface area contributed by atoms with Crippen molar-refractivity contribution in [3.05, 3.63) is 65.0 Å². The number of aromatic nitrogens is 2. The summed E-state index contributed by atoms with van der Waals surface area (Å²) in [5.74, 6) is 1.43. The van der Waals surface area contributed by atoms with Crippen molar-refractivity contribution < 1.29 is 14.3 Å². The van der Waals surface area contributed by atoms with Crippen LogP contribution in [0.25, 0.3) is 21.6 Å². The molecule has 1 aliphatic rings. The summed E-state index contributed by atoms with van der Waals surface area (Å²) in [4.78, 5) is 25.2. The lowest BCUT2D eigenvalue weighted by atomic mass is 9.94. The number of thiophene rings is 1. The number of amides is 1. The Balaban J connectivity index is 1.49. The Hall–Kier alpha value is -2.94. The Morgan fingerprint density at radius 1 is 1.16 bits per heavy atom. The zero-order chi connectivity index (χ0) is 26.7. The maximum atomic E-state index is 13.1. The van der Waals surface area contributed by atoms with Crippen molar-refractivity contribution in [2.45, 2.75) is 69.4 Å². The van der Waals surface area contributed by atoms with Gasteiger partial charge in [-0.3, -0.25) is 4.79 Å². The molecule has 0 saturated heterocycles. The molecule has 5 rings (SSSR count). The Morgan fingerprint density at radius 3 is 2.66 bits per heavy atom. The standard InChI is InChI=1S/C30H33N3O3S2/c1-5-6-16-35-22-14-12-20(13-15-22)26-32-28(37-19(2)27(34)31-21-10-8-7-9-11-21)25-23-17-30(3,4)36-18-24(23)38-29(25)33-26/h7-15,19H,5-6,16-18H2,1-4H3,(H,31,34)/t19-/m0/s1. The van der Waals surface area contributed by atoms with E-state index in [0.717, 1.165) is 51.5 Å². The number of unbranched alkanes of at least 4 members (excludes halogenated alkanes) is 1. The fourth-order valence-corrected chi connectivity index (χ4v) is 6.49. The number of fused-ring (bicyclic) bond motifs is 3. The molecule has 4 aromatic rings. The number of nitrogens with zero attached hydrogens (tertiary/aromatic N) is 2. The average molecular weight is 548 g/mol. The van der Waals surface area contributed by atoms with E-state index in [1.807, 2.05) is 61.5 Å². The molecule has 0 spiro atoms. The highest BCUT2D eigenvalue weighted by Crippen LogP contribution is 2.43. The first-order valence-electron chi connectivity index (χ1n) is 13.0. The van der Waals surface area contributed by atoms with Gasteiger partial charge in [-0.15, -0.1) is 11.3 Å². The number of carbonyl (C=O) groups is 1. The number of anilines is 1. The molecule has 0 aliphatic carbocycles. The Bertz CT molecular complexity index is 1420. The van der Waals surface area contributed by atoms with Crippen molar-refractivity contribution in [1.82, 2.24) is 9.97 Å². The lowest BCUT2D eigenvalue weighted by Crippen LogP contribution is -2.31. The molecule has 198 valence electrons. The van der Waals surface area contributed by atoms with E-state index in [1.54, 1.807) is 11.3 Å². The number of thioether (sulfide) groups is 1. The number of carbonyl (C=O) groups excluding carboxylic acids is 1. The van der Waals surface area contributed by atoms with E-state index in [2.05, 4.69) is 26.1 Å². The average Bonchev–Trinajstić information content (AvgIpc) is 3.26. The minimum atomic E-state index is -0.348. The maximum Gasteiger partial charge on any atom is 0.237 e. The summed E-state index contributed by atoms with van der Waals surface area (Å²) in [6, 6.07) is 17.5. The number of benzene rings is 2. The van der Waals surface area contributed by atoms with Gasteiger partial charge in [-0.25, -0.2) is 9.97 Å². The second-order valence-electron chi connectivity index (χ2n) is 10.1. The molecule has 0 radical (unpaired) electrons. The van der Waals surface area contributed by atoms with Gasteiger partial charge in [-0.05, 0) is 69.2 Å². The molecule has 1 amide bonds. The van der Waals surface area contributed by atoms with Gasteiger partial charge >= 0.3 is 0 Å². The second-order valence-corrected chi connectivity index (χ2v) is 12.5. The van der Waals surface area contributed by atoms with Crippen molar-refractivity contribution in [3.8, 4) is 17.1 Å². The third-order valence-electron chi connectivity index (χ3n) is 6.48. The van der Waals surface area contributed by atoms with Gasteiger partial charge in [0.25, 0.3) is 0 Å². The van der Waals surface area contributed by atoms with Crippen LogP contribution in [0.5, 0.6) is 5.75 Å². The largest absolute Gasteiger partial charge is 0.494 e. The zero-order valence-electron chi connectivity index (χ0n) is 22.2. The van der Waals surface area contributed by atoms with E-state index < -0.39 is 0 Å². The summed E-state index contributed by atoms with van der Waals surface area (Å²) in [7, 11) is 0. The summed E-state index contributed by atoms with van der Waals surface area (Å²) >= 11 is 3.15. The number of para-hydroxylation sites is 1. The molecule has 6 nitrogen and oxygen atoms in total.